The average Bonchev–Trinajstić information content (AvgIpc) is 3.10. The summed E-state index contributed by atoms with van der Waals surface area (Å²) in [6.07, 6.45) is 16.7. The largest absolute Gasteiger partial charge is 0.356 e. The predicted molar refractivity (Wildman–Crippen MR) is 128 cm³/mol. The summed E-state index contributed by atoms with van der Waals surface area (Å²) in [7, 11) is 0. The van der Waals surface area contributed by atoms with Gasteiger partial charge in [0.1, 0.15) is 5.82 Å². The molecule has 0 aliphatic heterocycles. The first-order valence-electron chi connectivity index (χ1n) is 12.5. The van der Waals surface area contributed by atoms with Gasteiger partial charge in [-0.25, -0.2) is 4.98 Å². The highest BCUT2D eigenvalue weighted by atomic mass is 16.1. The SMILES string of the molecule is CCCCCCCCCCn1c(CCCCCNC(=O)CCC)nc2ccccc21. The maximum absolute atomic E-state index is 11.5. The van der Waals surface area contributed by atoms with Crippen LogP contribution in [-0.2, 0) is 17.8 Å². The first kappa shape index (κ1) is 24.4. The number of hydrogen-bond donors (Lipinski definition) is 1. The molecule has 0 saturated heterocycles. The molecule has 4 heteroatoms. The van der Waals surface area contributed by atoms with Gasteiger partial charge in [-0.1, -0.05) is 77.3 Å². The number of unbranched alkanes of at least 4 members (excludes halogenated alkanes) is 9. The summed E-state index contributed by atoms with van der Waals surface area (Å²) >= 11 is 0. The maximum Gasteiger partial charge on any atom is 0.219 e. The molecule has 0 aliphatic rings. The zero-order chi connectivity index (χ0) is 21.4. The number of aromatic nitrogens is 2. The molecule has 0 saturated carbocycles. The Hall–Kier alpha value is -1.84. The predicted octanol–water partition coefficient (Wildman–Crippen LogP) is 6.81. The maximum atomic E-state index is 11.5. The Balaban J connectivity index is 1.74. The van der Waals surface area contributed by atoms with Crippen molar-refractivity contribution in [3.05, 3.63) is 30.1 Å². The molecule has 0 aliphatic carbocycles. The van der Waals surface area contributed by atoms with E-state index in [2.05, 4.69) is 41.1 Å². The molecule has 0 bridgehead atoms. The Labute approximate surface area is 183 Å². The molecule has 30 heavy (non-hydrogen) atoms. The van der Waals surface area contributed by atoms with Gasteiger partial charge in [0.15, 0.2) is 0 Å². The highest BCUT2D eigenvalue weighted by molar-refractivity contribution is 5.76. The van der Waals surface area contributed by atoms with E-state index in [1.54, 1.807) is 0 Å². The van der Waals surface area contributed by atoms with E-state index in [0.29, 0.717) is 6.42 Å². The van der Waals surface area contributed by atoms with Crippen LogP contribution in [0.1, 0.15) is 103 Å². The minimum absolute atomic E-state index is 0.185. The van der Waals surface area contributed by atoms with Crippen molar-refractivity contribution in [2.45, 2.75) is 110 Å². The molecule has 1 aromatic heterocycles. The quantitative estimate of drug-likeness (QED) is 0.290. The van der Waals surface area contributed by atoms with Crippen LogP contribution in [0.5, 0.6) is 0 Å². The Kier molecular flexibility index (Phi) is 12.2. The van der Waals surface area contributed by atoms with Gasteiger partial charge in [-0.15, -0.1) is 0 Å². The molecule has 2 aromatic rings. The molecule has 168 valence electrons. The van der Waals surface area contributed by atoms with Crippen molar-refractivity contribution in [1.82, 2.24) is 14.9 Å². The van der Waals surface area contributed by atoms with Crippen molar-refractivity contribution < 1.29 is 4.79 Å². The molecule has 1 heterocycles. The van der Waals surface area contributed by atoms with E-state index >= 15 is 0 Å². The topological polar surface area (TPSA) is 46.9 Å². The van der Waals surface area contributed by atoms with Gasteiger partial charge in [0.25, 0.3) is 0 Å². The van der Waals surface area contributed by atoms with Crippen LogP contribution in [0.25, 0.3) is 11.0 Å². The summed E-state index contributed by atoms with van der Waals surface area (Å²) < 4.78 is 2.45. The number of carbonyl (C=O) groups excluding carboxylic acids is 1. The molecule has 0 spiro atoms. The van der Waals surface area contributed by atoms with E-state index in [1.165, 1.54) is 62.7 Å². The van der Waals surface area contributed by atoms with Crippen molar-refractivity contribution in [3.8, 4) is 0 Å². The molecule has 1 amide bonds. The first-order valence-corrected chi connectivity index (χ1v) is 12.5. The van der Waals surface area contributed by atoms with E-state index < -0.39 is 0 Å². The van der Waals surface area contributed by atoms with Crippen LogP contribution in [0.15, 0.2) is 24.3 Å². The number of imidazole rings is 1. The number of fused-ring (bicyclic) bond motifs is 1. The molecule has 2 rings (SSSR count). The highest BCUT2D eigenvalue weighted by Gasteiger charge is 2.10. The molecule has 1 N–H and O–H groups in total. The summed E-state index contributed by atoms with van der Waals surface area (Å²) in [5.41, 5.74) is 2.40. The highest BCUT2D eigenvalue weighted by Crippen LogP contribution is 2.19. The van der Waals surface area contributed by atoms with Crippen molar-refractivity contribution >= 4 is 16.9 Å². The number of rotatable bonds is 17. The summed E-state index contributed by atoms with van der Waals surface area (Å²) in [4.78, 5) is 16.5. The Morgan fingerprint density at radius 1 is 0.867 bits per heavy atom. The third kappa shape index (κ3) is 8.89. The Bertz CT molecular complexity index is 722. The standard InChI is InChI=1S/C26H43N3O/c1-3-5-6-7-8-9-10-16-22-29-24-19-14-13-18-23(24)28-25(29)20-12-11-15-21-27-26(30)17-4-2/h13-14,18-19H,3-12,15-17,20-22H2,1-2H3,(H,27,30). The lowest BCUT2D eigenvalue weighted by Crippen LogP contribution is -2.23. The van der Waals surface area contributed by atoms with Gasteiger partial charge >= 0.3 is 0 Å². The van der Waals surface area contributed by atoms with Crippen LogP contribution in [-0.4, -0.2) is 22.0 Å². The van der Waals surface area contributed by atoms with Gasteiger partial charge in [0.2, 0.25) is 5.91 Å². The number of nitrogens with one attached hydrogen (secondary N) is 1. The fourth-order valence-electron chi connectivity index (χ4n) is 4.10. The van der Waals surface area contributed by atoms with E-state index in [1.807, 2.05) is 6.92 Å². The van der Waals surface area contributed by atoms with Crippen molar-refractivity contribution in [3.63, 3.8) is 0 Å². The van der Waals surface area contributed by atoms with Crippen LogP contribution < -0.4 is 5.32 Å². The molecule has 0 atom stereocenters. The van der Waals surface area contributed by atoms with Crippen LogP contribution in [0.4, 0.5) is 0 Å². The van der Waals surface area contributed by atoms with E-state index in [9.17, 15) is 4.79 Å². The summed E-state index contributed by atoms with van der Waals surface area (Å²) in [5, 5.41) is 3.01. The van der Waals surface area contributed by atoms with Gasteiger partial charge in [-0.3, -0.25) is 4.79 Å². The molecule has 4 nitrogen and oxygen atoms in total. The molecular weight excluding hydrogens is 370 g/mol. The van der Waals surface area contributed by atoms with Gasteiger partial charge < -0.3 is 9.88 Å². The van der Waals surface area contributed by atoms with Gasteiger partial charge in [0.05, 0.1) is 11.0 Å². The van der Waals surface area contributed by atoms with Gasteiger partial charge in [-0.05, 0) is 37.8 Å². The Morgan fingerprint density at radius 2 is 1.57 bits per heavy atom. The molecule has 0 fully saturated rings. The zero-order valence-corrected chi connectivity index (χ0v) is 19.4. The van der Waals surface area contributed by atoms with E-state index in [0.717, 1.165) is 50.7 Å². The third-order valence-electron chi connectivity index (χ3n) is 5.85. The minimum Gasteiger partial charge on any atom is -0.356 e. The molecular formula is C26H43N3O. The second-order valence-corrected chi connectivity index (χ2v) is 8.55. The van der Waals surface area contributed by atoms with Crippen molar-refractivity contribution in [1.29, 1.82) is 0 Å². The van der Waals surface area contributed by atoms with Crippen LogP contribution in [0.3, 0.4) is 0 Å². The van der Waals surface area contributed by atoms with E-state index in [4.69, 9.17) is 4.98 Å². The summed E-state index contributed by atoms with van der Waals surface area (Å²) in [6.45, 7) is 6.20. The van der Waals surface area contributed by atoms with Crippen LogP contribution in [0, 0.1) is 0 Å². The smallest absolute Gasteiger partial charge is 0.219 e. The van der Waals surface area contributed by atoms with Crippen LogP contribution >= 0.6 is 0 Å². The number of amides is 1. The number of nitrogens with zero attached hydrogens (tertiary/aromatic N) is 2. The van der Waals surface area contributed by atoms with Crippen molar-refractivity contribution in [2.24, 2.45) is 0 Å². The molecule has 0 radical (unpaired) electrons. The number of carbonyl (C=O) groups is 1. The second-order valence-electron chi connectivity index (χ2n) is 8.55. The minimum atomic E-state index is 0.185. The summed E-state index contributed by atoms with van der Waals surface area (Å²) in [5.74, 6) is 1.42. The second kappa shape index (κ2) is 15.0. The number of hydrogen-bond acceptors (Lipinski definition) is 2. The lowest BCUT2D eigenvalue weighted by Gasteiger charge is -2.10. The summed E-state index contributed by atoms with van der Waals surface area (Å²) in [6, 6.07) is 8.54. The molecule has 0 unspecified atom stereocenters. The number of benzene rings is 1. The van der Waals surface area contributed by atoms with Crippen molar-refractivity contribution in [2.75, 3.05) is 6.54 Å². The Morgan fingerprint density at radius 3 is 2.33 bits per heavy atom. The van der Waals surface area contributed by atoms with Gasteiger partial charge in [-0.2, -0.15) is 0 Å². The fraction of sp³-hybridized carbons (Fsp3) is 0.692. The fourth-order valence-corrected chi connectivity index (χ4v) is 4.10. The first-order chi connectivity index (χ1) is 14.8. The zero-order valence-electron chi connectivity index (χ0n) is 19.4. The van der Waals surface area contributed by atoms with Gasteiger partial charge in [0, 0.05) is 25.9 Å². The van der Waals surface area contributed by atoms with Crippen LogP contribution in [0.2, 0.25) is 0 Å². The normalized spacial score (nSPS) is 11.3. The number of aryl methyl sites for hydroxylation is 2. The third-order valence-corrected chi connectivity index (χ3v) is 5.85. The lowest BCUT2D eigenvalue weighted by molar-refractivity contribution is -0.121. The van der Waals surface area contributed by atoms with E-state index in [-0.39, 0.29) is 5.91 Å². The lowest BCUT2D eigenvalue weighted by atomic mass is 10.1. The average molecular weight is 414 g/mol. The monoisotopic (exact) mass is 413 g/mol. The number of para-hydroxylation sites is 2. The molecule has 1 aromatic carbocycles.